The van der Waals surface area contributed by atoms with Gasteiger partial charge in [-0.2, -0.15) is 0 Å². The maximum Gasteiger partial charge on any atom is 0.142 e. The highest BCUT2D eigenvalue weighted by atomic mass is 32.1. The molecule has 2 N–H and O–H groups in total. The van der Waals surface area contributed by atoms with Crippen LogP contribution in [0.2, 0.25) is 0 Å². The smallest absolute Gasteiger partial charge is 0.142 e. The number of thiophene rings is 1. The van der Waals surface area contributed by atoms with Crippen LogP contribution in [-0.4, -0.2) is 6.61 Å². The van der Waals surface area contributed by atoms with Crippen LogP contribution < -0.4 is 10.5 Å². The largest absolute Gasteiger partial charge is 0.492 e. The first-order chi connectivity index (χ1) is 7.31. The van der Waals surface area contributed by atoms with E-state index in [0.717, 1.165) is 11.3 Å². The predicted molar refractivity (Wildman–Crippen MR) is 65.3 cm³/mol. The molecule has 0 aliphatic rings. The minimum absolute atomic E-state index is 0.641. The molecule has 0 unspecified atom stereocenters. The first-order valence-electron chi connectivity index (χ1n) is 4.87. The second kappa shape index (κ2) is 4.36. The van der Waals surface area contributed by atoms with E-state index in [9.17, 15) is 0 Å². The Kier molecular flexibility index (Phi) is 2.92. The first kappa shape index (κ1) is 10.1. The molecular weight excluding hydrogens is 206 g/mol. The average Bonchev–Trinajstić information content (AvgIpc) is 2.74. The van der Waals surface area contributed by atoms with E-state index in [0.29, 0.717) is 12.3 Å². The maximum atomic E-state index is 5.89. The molecule has 0 spiro atoms. The van der Waals surface area contributed by atoms with Crippen molar-refractivity contribution in [3.8, 4) is 16.2 Å². The Balaban J connectivity index is 2.33. The Morgan fingerprint density at radius 3 is 2.80 bits per heavy atom. The Morgan fingerprint density at radius 1 is 1.33 bits per heavy atom. The van der Waals surface area contributed by atoms with Gasteiger partial charge in [-0.05, 0) is 42.1 Å². The number of anilines is 1. The Morgan fingerprint density at radius 2 is 2.20 bits per heavy atom. The maximum absolute atomic E-state index is 5.89. The number of nitrogens with two attached hydrogens (primary N) is 1. The number of hydrogen-bond donors (Lipinski definition) is 1. The molecule has 0 aliphatic heterocycles. The van der Waals surface area contributed by atoms with Gasteiger partial charge >= 0.3 is 0 Å². The van der Waals surface area contributed by atoms with Gasteiger partial charge in [-0.15, -0.1) is 11.3 Å². The van der Waals surface area contributed by atoms with Gasteiger partial charge in [0.15, 0.2) is 0 Å². The second-order valence-electron chi connectivity index (χ2n) is 3.16. The van der Waals surface area contributed by atoms with E-state index in [1.54, 1.807) is 11.3 Å². The molecular formula is C12H13NOS. The minimum Gasteiger partial charge on any atom is -0.492 e. The summed E-state index contributed by atoms with van der Waals surface area (Å²) in [7, 11) is 0. The number of nitrogen functional groups attached to an aromatic ring is 1. The van der Waals surface area contributed by atoms with Crippen LogP contribution in [0.1, 0.15) is 6.92 Å². The van der Waals surface area contributed by atoms with E-state index >= 15 is 0 Å². The van der Waals surface area contributed by atoms with Crippen LogP contribution in [0, 0.1) is 0 Å². The molecule has 2 rings (SSSR count). The SMILES string of the molecule is CCOc1ccc(-c2cccs2)cc1N. The quantitative estimate of drug-likeness (QED) is 0.803. The van der Waals surface area contributed by atoms with Crippen LogP contribution in [0.3, 0.4) is 0 Å². The van der Waals surface area contributed by atoms with Crippen LogP contribution in [0.4, 0.5) is 5.69 Å². The first-order valence-corrected chi connectivity index (χ1v) is 5.75. The van der Waals surface area contributed by atoms with Crippen LogP contribution in [0.25, 0.3) is 10.4 Å². The highest BCUT2D eigenvalue weighted by molar-refractivity contribution is 7.13. The Bertz CT molecular complexity index is 437. The number of benzene rings is 1. The molecule has 0 amide bonds. The van der Waals surface area contributed by atoms with E-state index in [1.807, 2.05) is 31.2 Å². The third-order valence-corrected chi connectivity index (χ3v) is 3.03. The summed E-state index contributed by atoms with van der Waals surface area (Å²) in [4.78, 5) is 1.23. The lowest BCUT2D eigenvalue weighted by Crippen LogP contribution is -1.96. The molecule has 1 heterocycles. The fourth-order valence-corrected chi connectivity index (χ4v) is 2.16. The van der Waals surface area contributed by atoms with Crippen molar-refractivity contribution in [2.75, 3.05) is 12.3 Å². The van der Waals surface area contributed by atoms with Crippen molar-refractivity contribution < 1.29 is 4.74 Å². The van der Waals surface area contributed by atoms with Gasteiger partial charge < -0.3 is 10.5 Å². The average molecular weight is 219 g/mol. The van der Waals surface area contributed by atoms with E-state index < -0.39 is 0 Å². The van der Waals surface area contributed by atoms with Crippen molar-refractivity contribution >= 4 is 17.0 Å². The number of rotatable bonds is 3. The predicted octanol–water partition coefficient (Wildman–Crippen LogP) is 3.40. The summed E-state index contributed by atoms with van der Waals surface area (Å²) >= 11 is 1.71. The highest BCUT2D eigenvalue weighted by Gasteiger charge is 2.03. The monoisotopic (exact) mass is 219 g/mol. The zero-order valence-electron chi connectivity index (χ0n) is 8.57. The van der Waals surface area contributed by atoms with Gasteiger partial charge in [0.05, 0.1) is 12.3 Å². The van der Waals surface area contributed by atoms with Gasteiger partial charge in [-0.25, -0.2) is 0 Å². The summed E-state index contributed by atoms with van der Waals surface area (Å²) in [5.74, 6) is 0.762. The third kappa shape index (κ3) is 2.13. The Hall–Kier alpha value is -1.48. The fraction of sp³-hybridized carbons (Fsp3) is 0.167. The van der Waals surface area contributed by atoms with Crippen molar-refractivity contribution in [2.45, 2.75) is 6.92 Å². The molecule has 0 radical (unpaired) electrons. The van der Waals surface area contributed by atoms with Crippen LogP contribution in [-0.2, 0) is 0 Å². The summed E-state index contributed by atoms with van der Waals surface area (Å²) < 4.78 is 5.39. The molecule has 0 saturated carbocycles. The van der Waals surface area contributed by atoms with Gasteiger partial charge in [0.25, 0.3) is 0 Å². The standard InChI is InChI=1S/C12H13NOS/c1-2-14-11-6-5-9(8-10(11)13)12-4-3-7-15-12/h3-8H,2,13H2,1H3. The normalized spacial score (nSPS) is 10.2. The van der Waals surface area contributed by atoms with Crippen molar-refractivity contribution in [3.63, 3.8) is 0 Å². The molecule has 0 bridgehead atoms. The molecule has 0 atom stereocenters. The van der Waals surface area contributed by atoms with E-state index in [4.69, 9.17) is 10.5 Å². The molecule has 0 saturated heterocycles. The lowest BCUT2D eigenvalue weighted by Gasteiger charge is -2.07. The summed E-state index contributed by atoms with van der Waals surface area (Å²) in [5, 5.41) is 2.06. The van der Waals surface area contributed by atoms with E-state index in [2.05, 4.69) is 11.4 Å². The van der Waals surface area contributed by atoms with Crippen molar-refractivity contribution in [1.29, 1.82) is 0 Å². The van der Waals surface area contributed by atoms with Crippen LogP contribution in [0.15, 0.2) is 35.7 Å². The number of ether oxygens (including phenoxy) is 1. The van der Waals surface area contributed by atoms with Crippen LogP contribution >= 0.6 is 11.3 Å². The van der Waals surface area contributed by atoms with E-state index in [1.165, 1.54) is 4.88 Å². The fourth-order valence-electron chi connectivity index (χ4n) is 1.43. The zero-order valence-corrected chi connectivity index (χ0v) is 9.38. The minimum atomic E-state index is 0.641. The zero-order chi connectivity index (χ0) is 10.7. The molecule has 2 aromatic rings. The summed E-state index contributed by atoms with van der Waals surface area (Å²) in [6.45, 7) is 2.59. The molecule has 1 aromatic carbocycles. The molecule has 1 aromatic heterocycles. The third-order valence-electron chi connectivity index (χ3n) is 2.12. The van der Waals surface area contributed by atoms with Gasteiger partial charge in [-0.3, -0.25) is 0 Å². The van der Waals surface area contributed by atoms with Gasteiger partial charge in [0.2, 0.25) is 0 Å². The molecule has 0 fully saturated rings. The topological polar surface area (TPSA) is 35.2 Å². The molecule has 15 heavy (non-hydrogen) atoms. The molecule has 78 valence electrons. The van der Waals surface area contributed by atoms with Crippen molar-refractivity contribution in [1.82, 2.24) is 0 Å². The van der Waals surface area contributed by atoms with Crippen LogP contribution in [0.5, 0.6) is 5.75 Å². The van der Waals surface area contributed by atoms with Gasteiger partial charge in [0, 0.05) is 4.88 Å². The second-order valence-corrected chi connectivity index (χ2v) is 4.11. The lowest BCUT2D eigenvalue weighted by molar-refractivity contribution is 0.342. The summed E-state index contributed by atoms with van der Waals surface area (Å²) in [6.07, 6.45) is 0. The van der Waals surface area contributed by atoms with Gasteiger partial charge in [0.1, 0.15) is 5.75 Å². The van der Waals surface area contributed by atoms with E-state index in [-0.39, 0.29) is 0 Å². The molecule has 0 aliphatic carbocycles. The molecule has 2 nitrogen and oxygen atoms in total. The highest BCUT2D eigenvalue weighted by Crippen LogP contribution is 2.30. The van der Waals surface area contributed by atoms with Crippen molar-refractivity contribution in [2.24, 2.45) is 0 Å². The van der Waals surface area contributed by atoms with Crippen molar-refractivity contribution in [3.05, 3.63) is 35.7 Å². The summed E-state index contributed by atoms with van der Waals surface area (Å²) in [6, 6.07) is 10.0. The number of hydrogen-bond acceptors (Lipinski definition) is 3. The summed E-state index contributed by atoms with van der Waals surface area (Å²) in [5.41, 5.74) is 7.73. The van der Waals surface area contributed by atoms with Gasteiger partial charge in [-0.1, -0.05) is 6.07 Å². The lowest BCUT2D eigenvalue weighted by atomic mass is 10.1. The molecule has 3 heteroatoms. The Labute approximate surface area is 93.3 Å².